The lowest BCUT2D eigenvalue weighted by Crippen LogP contribution is -2.51. The third-order valence-corrected chi connectivity index (χ3v) is 8.24. The number of likely N-dealkylation sites (N-methyl/N-ethyl adjacent to an activating group) is 1. The van der Waals surface area contributed by atoms with Gasteiger partial charge in [0.2, 0.25) is 11.8 Å². The summed E-state index contributed by atoms with van der Waals surface area (Å²) in [4.78, 5) is 28.2. The molecule has 0 aliphatic carbocycles. The summed E-state index contributed by atoms with van der Waals surface area (Å²) < 4.78 is 28.7. The maximum Gasteiger partial charge on any atom is 0.264 e. The van der Waals surface area contributed by atoms with Gasteiger partial charge in [-0.1, -0.05) is 61.0 Å². The van der Waals surface area contributed by atoms with E-state index in [1.54, 1.807) is 30.3 Å². The van der Waals surface area contributed by atoms with Gasteiger partial charge in [-0.05, 0) is 68.1 Å². The number of nitrogens with zero attached hydrogens (tertiary/aromatic N) is 2. The average Bonchev–Trinajstić information content (AvgIpc) is 2.89. The molecule has 1 N–H and O–H groups in total. The number of anilines is 1. The lowest BCUT2D eigenvalue weighted by molar-refractivity contribution is -0.140. The van der Waals surface area contributed by atoms with Crippen LogP contribution in [0.4, 0.5) is 5.69 Å². The smallest absolute Gasteiger partial charge is 0.264 e. The molecule has 0 saturated heterocycles. The Morgan fingerprint density at radius 2 is 1.59 bits per heavy atom. The molecule has 37 heavy (non-hydrogen) atoms. The van der Waals surface area contributed by atoms with E-state index >= 15 is 0 Å². The quantitative estimate of drug-likeness (QED) is 0.430. The Kier molecular flexibility index (Phi) is 9.10. The summed E-state index contributed by atoms with van der Waals surface area (Å²) in [7, 11) is -2.54. The highest BCUT2D eigenvalue weighted by Crippen LogP contribution is 2.26. The van der Waals surface area contributed by atoms with Gasteiger partial charge in [-0.2, -0.15) is 0 Å². The van der Waals surface area contributed by atoms with Crippen LogP contribution in [-0.4, -0.2) is 44.8 Å². The van der Waals surface area contributed by atoms with E-state index in [4.69, 9.17) is 0 Å². The van der Waals surface area contributed by atoms with E-state index in [-0.39, 0.29) is 17.3 Å². The van der Waals surface area contributed by atoms with Gasteiger partial charge in [0.25, 0.3) is 10.0 Å². The minimum atomic E-state index is -4.06. The van der Waals surface area contributed by atoms with Crippen LogP contribution < -0.4 is 9.62 Å². The van der Waals surface area contributed by atoms with Crippen LogP contribution in [0, 0.1) is 20.8 Å². The molecule has 0 heterocycles. The molecule has 0 aromatic heterocycles. The second kappa shape index (κ2) is 12.1. The summed E-state index contributed by atoms with van der Waals surface area (Å²) in [5.74, 6) is -0.762. The topological polar surface area (TPSA) is 86.8 Å². The van der Waals surface area contributed by atoms with Crippen LogP contribution in [0.3, 0.4) is 0 Å². The first kappa shape index (κ1) is 27.9. The maximum absolute atomic E-state index is 13.9. The molecule has 0 spiro atoms. The molecule has 0 bridgehead atoms. The maximum atomic E-state index is 13.9. The van der Waals surface area contributed by atoms with Crippen molar-refractivity contribution < 1.29 is 18.0 Å². The van der Waals surface area contributed by atoms with Gasteiger partial charge >= 0.3 is 0 Å². The van der Waals surface area contributed by atoms with Gasteiger partial charge in [0, 0.05) is 13.6 Å². The first-order chi connectivity index (χ1) is 17.6. The van der Waals surface area contributed by atoms with Gasteiger partial charge in [-0.25, -0.2) is 8.42 Å². The monoisotopic (exact) mass is 521 g/mol. The second-order valence-corrected chi connectivity index (χ2v) is 11.0. The number of carbonyl (C=O) groups excluding carboxylic acids is 2. The Bertz CT molecular complexity index is 1360. The van der Waals surface area contributed by atoms with Crippen molar-refractivity contribution in [3.8, 4) is 0 Å². The number of hydrogen-bond donors (Lipinski definition) is 1. The highest BCUT2D eigenvalue weighted by Gasteiger charge is 2.33. The molecule has 7 nitrogen and oxygen atoms in total. The van der Waals surface area contributed by atoms with Crippen LogP contribution in [0.1, 0.15) is 35.6 Å². The largest absolute Gasteiger partial charge is 0.357 e. The number of benzene rings is 3. The molecule has 3 aromatic carbocycles. The van der Waals surface area contributed by atoms with Crippen LogP contribution >= 0.6 is 0 Å². The minimum Gasteiger partial charge on any atom is -0.357 e. The fourth-order valence-corrected chi connectivity index (χ4v) is 5.65. The molecule has 1 unspecified atom stereocenters. The Morgan fingerprint density at radius 1 is 0.892 bits per heavy atom. The first-order valence-corrected chi connectivity index (χ1v) is 13.7. The van der Waals surface area contributed by atoms with Crippen molar-refractivity contribution in [2.45, 2.75) is 51.6 Å². The first-order valence-electron chi connectivity index (χ1n) is 12.3. The van der Waals surface area contributed by atoms with Gasteiger partial charge in [-0.3, -0.25) is 13.9 Å². The zero-order valence-electron chi connectivity index (χ0n) is 22.1. The molecule has 0 radical (unpaired) electrons. The van der Waals surface area contributed by atoms with Crippen molar-refractivity contribution in [2.24, 2.45) is 0 Å². The minimum absolute atomic E-state index is 0.0876. The van der Waals surface area contributed by atoms with Crippen molar-refractivity contribution in [3.63, 3.8) is 0 Å². The molecular weight excluding hydrogens is 486 g/mol. The zero-order chi connectivity index (χ0) is 27.2. The second-order valence-electron chi connectivity index (χ2n) is 9.14. The number of sulfonamides is 1. The molecule has 8 heteroatoms. The summed E-state index contributed by atoms with van der Waals surface area (Å²) in [6, 6.07) is 20.3. The Morgan fingerprint density at radius 3 is 2.19 bits per heavy atom. The number of nitrogens with one attached hydrogen (secondary N) is 1. The summed E-state index contributed by atoms with van der Waals surface area (Å²) in [6.07, 6.45) is 0.381. The van der Waals surface area contributed by atoms with Gasteiger partial charge in [0.15, 0.2) is 0 Å². The molecule has 196 valence electrons. The van der Waals surface area contributed by atoms with Crippen LogP contribution in [0.15, 0.2) is 77.7 Å². The normalized spacial score (nSPS) is 12.0. The molecule has 2 amide bonds. The Hall–Kier alpha value is -3.65. The zero-order valence-corrected chi connectivity index (χ0v) is 22.9. The van der Waals surface area contributed by atoms with E-state index in [1.807, 2.05) is 58.0 Å². The predicted octanol–water partition coefficient (Wildman–Crippen LogP) is 4.36. The molecule has 0 aliphatic rings. The average molecular weight is 522 g/mol. The van der Waals surface area contributed by atoms with E-state index in [9.17, 15) is 18.0 Å². The SMILES string of the molecule is CCC(C(=O)NC)N(Cc1cccc(C)c1)C(=O)CN(c1ccc(C)c(C)c1)S(=O)(=O)c1ccccc1. The van der Waals surface area contributed by atoms with Crippen molar-refractivity contribution >= 4 is 27.5 Å². The molecule has 0 aliphatic heterocycles. The van der Waals surface area contributed by atoms with Crippen molar-refractivity contribution in [1.82, 2.24) is 10.2 Å². The van der Waals surface area contributed by atoms with Crippen molar-refractivity contribution in [3.05, 3.63) is 95.1 Å². The third-order valence-electron chi connectivity index (χ3n) is 6.46. The number of hydrogen-bond acceptors (Lipinski definition) is 4. The van der Waals surface area contributed by atoms with Crippen LogP contribution in [0.2, 0.25) is 0 Å². The Labute approximate surface area is 220 Å². The molecule has 3 aromatic rings. The van der Waals surface area contributed by atoms with Crippen LogP contribution in [0.25, 0.3) is 0 Å². The predicted molar refractivity (Wildman–Crippen MR) is 147 cm³/mol. The van der Waals surface area contributed by atoms with E-state index < -0.39 is 28.5 Å². The highest BCUT2D eigenvalue weighted by atomic mass is 32.2. The summed E-state index contributed by atoms with van der Waals surface area (Å²) >= 11 is 0. The highest BCUT2D eigenvalue weighted by molar-refractivity contribution is 7.92. The number of aryl methyl sites for hydroxylation is 3. The third kappa shape index (κ3) is 6.57. The molecule has 3 rings (SSSR count). The van der Waals surface area contributed by atoms with E-state index in [1.165, 1.54) is 24.1 Å². The van der Waals surface area contributed by atoms with Gasteiger partial charge in [0.05, 0.1) is 10.6 Å². The fraction of sp³-hybridized carbons (Fsp3) is 0.310. The van der Waals surface area contributed by atoms with E-state index in [2.05, 4.69) is 5.32 Å². The fourth-order valence-electron chi connectivity index (χ4n) is 4.22. The molecule has 0 fully saturated rings. The molecular formula is C29H35N3O4S. The van der Waals surface area contributed by atoms with Crippen molar-refractivity contribution in [1.29, 1.82) is 0 Å². The van der Waals surface area contributed by atoms with Gasteiger partial charge in [-0.15, -0.1) is 0 Å². The Balaban J connectivity index is 2.07. The number of carbonyl (C=O) groups is 2. The lowest BCUT2D eigenvalue weighted by Gasteiger charge is -2.33. The van der Waals surface area contributed by atoms with Crippen LogP contribution in [-0.2, 0) is 26.2 Å². The summed E-state index contributed by atoms with van der Waals surface area (Å²) in [5, 5.41) is 2.64. The van der Waals surface area contributed by atoms with Crippen molar-refractivity contribution in [2.75, 3.05) is 17.9 Å². The summed E-state index contributed by atoms with van der Waals surface area (Å²) in [5.41, 5.74) is 4.20. The van der Waals surface area contributed by atoms with Gasteiger partial charge in [0.1, 0.15) is 12.6 Å². The number of rotatable bonds is 10. The van der Waals surface area contributed by atoms with Gasteiger partial charge < -0.3 is 10.2 Å². The molecule has 1 atom stereocenters. The number of amides is 2. The summed E-state index contributed by atoms with van der Waals surface area (Å²) in [6.45, 7) is 7.37. The van der Waals surface area contributed by atoms with E-state index in [0.717, 1.165) is 26.6 Å². The van der Waals surface area contributed by atoms with Crippen LogP contribution in [0.5, 0.6) is 0 Å². The van der Waals surface area contributed by atoms with E-state index in [0.29, 0.717) is 12.1 Å². The lowest BCUT2D eigenvalue weighted by atomic mass is 10.1. The standard InChI is InChI=1S/C29H35N3O4S/c1-6-27(29(34)30-5)31(19-24-12-10-11-21(2)17-24)28(33)20-32(25-16-15-22(3)23(4)18-25)37(35,36)26-13-8-7-9-14-26/h7-18,27H,6,19-20H2,1-5H3,(H,30,34). The molecule has 0 saturated carbocycles.